The first-order chi connectivity index (χ1) is 6.72. The molecule has 2 unspecified atom stereocenters. The lowest BCUT2D eigenvalue weighted by Gasteiger charge is -2.18. The lowest BCUT2D eigenvalue weighted by Crippen LogP contribution is -2.05. The van der Waals surface area contributed by atoms with Crippen molar-refractivity contribution in [2.24, 2.45) is 5.92 Å². The van der Waals surface area contributed by atoms with E-state index in [0.29, 0.717) is 5.92 Å². The van der Waals surface area contributed by atoms with Crippen molar-refractivity contribution in [1.29, 1.82) is 0 Å². The van der Waals surface area contributed by atoms with Gasteiger partial charge in [0, 0.05) is 0 Å². The van der Waals surface area contributed by atoms with Crippen molar-refractivity contribution in [1.82, 2.24) is 0 Å². The molecule has 76 valence electrons. The molecule has 0 aromatic heterocycles. The fraction of sp³-hybridized carbons (Fsp3) is 0.538. The van der Waals surface area contributed by atoms with Crippen LogP contribution in [0.3, 0.4) is 0 Å². The molecule has 1 aliphatic carbocycles. The largest absolute Gasteiger partial charge is 0.207 e. The summed E-state index contributed by atoms with van der Waals surface area (Å²) in [7, 11) is 0. The first-order valence-corrected chi connectivity index (χ1v) is 5.50. The third kappa shape index (κ3) is 1.56. The van der Waals surface area contributed by atoms with Crippen molar-refractivity contribution in [3.05, 3.63) is 35.1 Å². The zero-order valence-corrected chi connectivity index (χ0v) is 8.89. The number of rotatable bonds is 2. The lowest BCUT2D eigenvalue weighted by atomic mass is 9.87. The summed E-state index contributed by atoms with van der Waals surface area (Å²) in [4.78, 5) is 0. The Labute approximate surface area is 85.1 Å². The van der Waals surface area contributed by atoms with E-state index < -0.39 is 0 Å². The predicted octanol–water partition coefficient (Wildman–Crippen LogP) is 3.90. The van der Waals surface area contributed by atoms with Crippen LogP contribution >= 0.6 is 0 Å². The molecule has 2 atom stereocenters. The topological polar surface area (TPSA) is 0 Å². The molecule has 0 bridgehead atoms. The average molecular weight is 192 g/mol. The van der Waals surface area contributed by atoms with Crippen molar-refractivity contribution < 1.29 is 4.39 Å². The van der Waals surface area contributed by atoms with E-state index >= 15 is 0 Å². The highest BCUT2D eigenvalue weighted by Crippen LogP contribution is 2.39. The second-order valence-electron chi connectivity index (χ2n) is 4.37. The van der Waals surface area contributed by atoms with Crippen LogP contribution in [0.25, 0.3) is 0 Å². The van der Waals surface area contributed by atoms with Gasteiger partial charge in [0.2, 0.25) is 0 Å². The van der Waals surface area contributed by atoms with E-state index in [9.17, 15) is 4.39 Å². The van der Waals surface area contributed by atoms with E-state index in [4.69, 9.17) is 0 Å². The SMILES string of the molecule is CCC(C)C1CCc2cc(F)ccc21. The van der Waals surface area contributed by atoms with Crippen LogP contribution < -0.4 is 0 Å². The van der Waals surface area contributed by atoms with Gasteiger partial charge in [-0.1, -0.05) is 26.3 Å². The van der Waals surface area contributed by atoms with Gasteiger partial charge in [0.05, 0.1) is 0 Å². The Morgan fingerprint density at radius 3 is 3.00 bits per heavy atom. The molecular formula is C13H17F. The van der Waals surface area contributed by atoms with Gasteiger partial charge in [-0.2, -0.15) is 0 Å². The van der Waals surface area contributed by atoms with Gasteiger partial charge in [-0.15, -0.1) is 0 Å². The zero-order valence-electron chi connectivity index (χ0n) is 8.89. The van der Waals surface area contributed by atoms with Gasteiger partial charge in [0.1, 0.15) is 5.82 Å². The van der Waals surface area contributed by atoms with Crippen molar-refractivity contribution in [2.75, 3.05) is 0 Å². The summed E-state index contributed by atoms with van der Waals surface area (Å²) in [6, 6.07) is 5.28. The molecule has 1 aromatic carbocycles. The number of hydrogen-bond donors (Lipinski definition) is 0. The Kier molecular flexibility index (Phi) is 2.58. The van der Waals surface area contributed by atoms with Crippen LogP contribution in [0.2, 0.25) is 0 Å². The number of aryl methyl sites for hydroxylation is 1. The minimum absolute atomic E-state index is 0.0893. The van der Waals surface area contributed by atoms with Crippen LogP contribution in [-0.4, -0.2) is 0 Å². The summed E-state index contributed by atoms with van der Waals surface area (Å²) in [5.41, 5.74) is 2.62. The quantitative estimate of drug-likeness (QED) is 0.666. The highest BCUT2D eigenvalue weighted by molar-refractivity contribution is 5.35. The second kappa shape index (κ2) is 3.72. The number of fused-ring (bicyclic) bond motifs is 1. The minimum atomic E-state index is -0.0893. The van der Waals surface area contributed by atoms with Crippen LogP contribution in [0.5, 0.6) is 0 Å². The molecule has 0 heterocycles. The van der Waals surface area contributed by atoms with Crippen molar-refractivity contribution in [3.8, 4) is 0 Å². The number of halogens is 1. The van der Waals surface area contributed by atoms with E-state index in [-0.39, 0.29) is 5.82 Å². The van der Waals surface area contributed by atoms with E-state index in [1.54, 1.807) is 12.1 Å². The van der Waals surface area contributed by atoms with E-state index in [1.807, 2.05) is 6.07 Å². The Morgan fingerprint density at radius 1 is 1.50 bits per heavy atom. The minimum Gasteiger partial charge on any atom is -0.207 e. The van der Waals surface area contributed by atoms with Crippen molar-refractivity contribution >= 4 is 0 Å². The lowest BCUT2D eigenvalue weighted by molar-refractivity contribution is 0.443. The van der Waals surface area contributed by atoms with Crippen LogP contribution in [0.15, 0.2) is 18.2 Å². The molecule has 0 saturated heterocycles. The maximum atomic E-state index is 13.0. The Morgan fingerprint density at radius 2 is 2.29 bits per heavy atom. The summed E-state index contributed by atoms with van der Waals surface area (Å²) in [6.45, 7) is 4.52. The summed E-state index contributed by atoms with van der Waals surface area (Å²) in [5, 5.41) is 0. The normalized spacial score (nSPS) is 22.1. The summed E-state index contributed by atoms with van der Waals surface area (Å²) in [5.74, 6) is 1.30. The van der Waals surface area contributed by atoms with E-state index in [0.717, 1.165) is 12.3 Å². The standard InChI is InChI=1S/C13H17F/c1-3-9(2)12-6-4-10-8-11(14)5-7-13(10)12/h5,7-9,12H,3-4,6H2,1-2H3. The highest BCUT2D eigenvalue weighted by Gasteiger charge is 2.26. The van der Waals surface area contributed by atoms with Gasteiger partial charge >= 0.3 is 0 Å². The molecule has 0 fully saturated rings. The molecule has 1 heteroatoms. The van der Waals surface area contributed by atoms with Gasteiger partial charge in [-0.3, -0.25) is 0 Å². The molecule has 0 nitrogen and oxygen atoms in total. The Hall–Kier alpha value is -0.850. The third-order valence-corrected chi connectivity index (χ3v) is 3.56. The van der Waals surface area contributed by atoms with Crippen LogP contribution in [0.4, 0.5) is 4.39 Å². The highest BCUT2D eigenvalue weighted by atomic mass is 19.1. The maximum absolute atomic E-state index is 13.0. The molecule has 1 aliphatic rings. The summed E-state index contributed by atoms with van der Waals surface area (Å²) in [6.07, 6.45) is 3.47. The maximum Gasteiger partial charge on any atom is 0.123 e. The zero-order chi connectivity index (χ0) is 10.1. The molecule has 2 rings (SSSR count). The predicted molar refractivity (Wildman–Crippen MR) is 56.9 cm³/mol. The first-order valence-electron chi connectivity index (χ1n) is 5.50. The van der Waals surface area contributed by atoms with Crippen molar-refractivity contribution in [3.63, 3.8) is 0 Å². The molecule has 0 radical (unpaired) electrons. The molecule has 14 heavy (non-hydrogen) atoms. The Balaban J connectivity index is 2.31. The average Bonchev–Trinajstić information content (AvgIpc) is 2.59. The number of benzene rings is 1. The molecule has 0 aliphatic heterocycles. The van der Waals surface area contributed by atoms with Crippen LogP contribution in [-0.2, 0) is 6.42 Å². The van der Waals surface area contributed by atoms with Crippen molar-refractivity contribution in [2.45, 2.75) is 39.0 Å². The third-order valence-electron chi connectivity index (χ3n) is 3.56. The smallest absolute Gasteiger partial charge is 0.123 e. The van der Waals surface area contributed by atoms with Crippen LogP contribution in [0.1, 0.15) is 43.7 Å². The van der Waals surface area contributed by atoms with Gasteiger partial charge in [-0.25, -0.2) is 4.39 Å². The first kappa shape index (κ1) is 9.70. The van der Waals surface area contributed by atoms with Gasteiger partial charge in [-0.05, 0) is 47.9 Å². The summed E-state index contributed by atoms with van der Waals surface area (Å²) >= 11 is 0. The molecule has 0 N–H and O–H groups in total. The fourth-order valence-electron chi connectivity index (χ4n) is 2.49. The molecule has 0 saturated carbocycles. The summed E-state index contributed by atoms with van der Waals surface area (Å²) < 4.78 is 13.0. The molecular weight excluding hydrogens is 175 g/mol. The van der Waals surface area contributed by atoms with Gasteiger partial charge in [0.15, 0.2) is 0 Å². The van der Waals surface area contributed by atoms with E-state index in [1.165, 1.54) is 24.0 Å². The number of hydrogen-bond acceptors (Lipinski definition) is 0. The molecule has 0 spiro atoms. The monoisotopic (exact) mass is 192 g/mol. The van der Waals surface area contributed by atoms with Gasteiger partial charge in [0.25, 0.3) is 0 Å². The molecule has 1 aromatic rings. The van der Waals surface area contributed by atoms with E-state index in [2.05, 4.69) is 13.8 Å². The second-order valence-corrected chi connectivity index (χ2v) is 4.37. The molecule has 0 amide bonds. The van der Waals surface area contributed by atoms with Gasteiger partial charge < -0.3 is 0 Å². The van der Waals surface area contributed by atoms with Crippen LogP contribution in [0, 0.1) is 11.7 Å². The fourth-order valence-corrected chi connectivity index (χ4v) is 2.49. The Bertz CT molecular complexity index is 330.